The molecule has 0 aliphatic heterocycles. The number of aromatic amines is 2. The lowest BCUT2D eigenvalue weighted by molar-refractivity contribution is 1.02. The van der Waals surface area contributed by atoms with Crippen molar-refractivity contribution >= 4 is 43.2 Å². The first kappa shape index (κ1) is 15.7. The number of para-hydroxylation sites is 2. The molecule has 0 spiro atoms. The van der Waals surface area contributed by atoms with Crippen LogP contribution in [0.3, 0.4) is 0 Å². The van der Waals surface area contributed by atoms with Crippen LogP contribution in [0.2, 0.25) is 0 Å². The van der Waals surface area contributed by atoms with E-state index in [9.17, 15) is 0 Å². The second-order valence-corrected chi connectivity index (χ2v) is 8.11. The number of rotatable bonds is 3. The minimum Gasteiger partial charge on any atom is -0.361 e. The van der Waals surface area contributed by atoms with E-state index < -0.39 is 0 Å². The Morgan fingerprint density at radius 3 is 1.75 bits per heavy atom. The Hall–Kier alpha value is -3.30. The van der Waals surface area contributed by atoms with Gasteiger partial charge in [0.2, 0.25) is 0 Å². The molecule has 2 nitrogen and oxygen atoms in total. The van der Waals surface area contributed by atoms with E-state index in [0.29, 0.717) is 0 Å². The normalized spacial score (nSPS) is 11.9. The summed E-state index contributed by atoms with van der Waals surface area (Å²) in [5.74, 6) is 0.170. The molecule has 0 amide bonds. The summed E-state index contributed by atoms with van der Waals surface area (Å²) in [6, 6.07) is 25.9. The molecule has 134 valence electrons. The molecule has 3 aromatic heterocycles. The van der Waals surface area contributed by atoms with E-state index in [1.165, 1.54) is 48.6 Å². The number of thiophene rings is 1. The molecule has 28 heavy (non-hydrogen) atoms. The molecule has 0 fully saturated rings. The molecule has 6 rings (SSSR count). The van der Waals surface area contributed by atoms with Crippen molar-refractivity contribution in [3.8, 4) is 0 Å². The fraction of sp³-hybridized carbons (Fsp3) is 0.0400. The Labute approximate surface area is 166 Å². The average Bonchev–Trinajstić information content (AvgIpc) is 3.47. The van der Waals surface area contributed by atoms with E-state index in [1.54, 1.807) is 0 Å². The van der Waals surface area contributed by atoms with Crippen molar-refractivity contribution in [3.05, 3.63) is 107 Å². The first-order valence-corrected chi connectivity index (χ1v) is 10.4. The number of aromatic nitrogens is 2. The maximum absolute atomic E-state index is 3.48. The van der Waals surface area contributed by atoms with Crippen molar-refractivity contribution in [1.29, 1.82) is 0 Å². The zero-order valence-electron chi connectivity index (χ0n) is 15.1. The smallest absolute Gasteiger partial charge is 0.0457 e. The lowest BCUT2D eigenvalue weighted by Crippen LogP contribution is -2.01. The Balaban J connectivity index is 1.69. The molecule has 0 aliphatic carbocycles. The maximum atomic E-state index is 3.48. The number of benzene rings is 3. The second kappa shape index (κ2) is 6.11. The van der Waals surface area contributed by atoms with Gasteiger partial charge in [0.15, 0.2) is 0 Å². The van der Waals surface area contributed by atoms with Gasteiger partial charge in [-0.15, -0.1) is 11.3 Å². The van der Waals surface area contributed by atoms with Gasteiger partial charge >= 0.3 is 0 Å². The summed E-state index contributed by atoms with van der Waals surface area (Å²) >= 11 is 1.83. The van der Waals surface area contributed by atoms with Crippen LogP contribution < -0.4 is 0 Å². The first-order chi connectivity index (χ1) is 13.9. The molecule has 2 N–H and O–H groups in total. The van der Waals surface area contributed by atoms with Crippen molar-refractivity contribution in [2.45, 2.75) is 5.92 Å². The minimum absolute atomic E-state index is 0.170. The molecule has 0 aliphatic rings. The van der Waals surface area contributed by atoms with Gasteiger partial charge < -0.3 is 9.97 Å². The molecule has 6 aromatic rings. The number of hydrogen-bond donors (Lipinski definition) is 2. The van der Waals surface area contributed by atoms with Crippen LogP contribution in [0, 0.1) is 0 Å². The molecule has 3 aromatic carbocycles. The van der Waals surface area contributed by atoms with Gasteiger partial charge in [0.1, 0.15) is 0 Å². The maximum Gasteiger partial charge on any atom is 0.0457 e. The van der Waals surface area contributed by atoms with Crippen molar-refractivity contribution in [3.63, 3.8) is 0 Å². The Kier molecular flexibility index (Phi) is 3.43. The third-order valence-corrected chi connectivity index (χ3v) is 6.67. The summed E-state index contributed by atoms with van der Waals surface area (Å²) in [5, 5.41) is 6.24. The number of fused-ring (bicyclic) bond motifs is 3. The van der Waals surface area contributed by atoms with Crippen LogP contribution in [0.25, 0.3) is 31.9 Å². The van der Waals surface area contributed by atoms with E-state index in [2.05, 4.69) is 101 Å². The van der Waals surface area contributed by atoms with Crippen LogP contribution in [0.1, 0.15) is 22.6 Å². The number of nitrogens with one attached hydrogen (secondary N) is 2. The molecule has 0 saturated heterocycles. The predicted molar refractivity (Wildman–Crippen MR) is 119 cm³/mol. The monoisotopic (exact) mass is 378 g/mol. The van der Waals surface area contributed by atoms with Crippen LogP contribution in [0.5, 0.6) is 0 Å². The highest BCUT2D eigenvalue weighted by Gasteiger charge is 2.25. The summed E-state index contributed by atoms with van der Waals surface area (Å²) in [6.45, 7) is 0. The molecule has 0 radical (unpaired) electrons. The zero-order chi connectivity index (χ0) is 18.5. The Morgan fingerprint density at radius 2 is 1.11 bits per heavy atom. The molecule has 0 atom stereocenters. The molecule has 0 unspecified atom stereocenters. The third-order valence-electron chi connectivity index (χ3n) is 5.69. The van der Waals surface area contributed by atoms with Gasteiger partial charge in [-0.2, -0.15) is 0 Å². The van der Waals surface area contributed by atoms with Crippen molar-refractivity contribution in [1.82, 2.24) is 9.97 Å². The van der Waals surface area contributed by atoms with Crippen LogP contribution in [0.4, 0.5) is 0 Å². The Morgan fingerprint density at radius 1 is 0.571 bits per heavy atom. The fourth-order valence-corrected chi connectivity index (χ4v) is 5.38. The van der Waals surface area contributed by atoms with E-state index in [0.717, 1.165) is 0 Å². The van der Waals surface area contributed by atoms with Crippen LogP contribution in [-0.2, 0) is 0 Å². The van der Waals surface area contributed by atoms with Gasteiger partial charge in [-0.1, -0.05) is 54.6 Å². The SMILES string of the molecule is c1ccc2c(C(c3c[nH]c4ccccc34)c3csc4ccccc34)c[nH]c2c1. The summed E-state index contributed by atoms with van der Waals surface area (Å²) in [4.78, 5) is 6.96. The second-order valence-electron chi connectivity index (χ2n) is 7.20. The van der Waals surface area contributed by atoms with Crippen molar-refractivity contribution < 1.29 is 0 Å². The molecular weight excluding hydrogens is 360 g/mol. The summed E-state index contributed by atoms with van der Waals surface area (Å²) in [5.41, 5.74) is 6.38. The van der Waals surface area contributed by atoms with E-state index in [1.807, 2.05) is 11.3 Å². The van der Waals surface area contributed by atoms with E-state index in [-0.39, 0.29) is 5.92 Å². The van der Waals surface area contributed by atoms with Gasteiger partial charge in [-0.3, -0.25) is 0 Å². The standard InChI is InChI=1S/C25H18N2S/c1-4-10-22-16(7-1)19(13-26-22)25(20-14-27-23-11-5-2-8-17(20)23)21-15-28-24-12-6-3-9-18(21)24/h1-15,25-27H. The molecule has 3 heterocycles. The zero-order valence-corrected chi connectivity index (χ0v) is 16.0. The largest absolute Gasteiger partial charge is 0.361 e. The van der Waals surface area contributed by atoms with Gasteiger partial charge in [-0.05, 0) is 45.7 Å². The minimum atomic E-state index is 0.170. The van der Waals surface area contributed by atoms with Crippen LogP contribution in [-0.4, -0.2) is 9.97 Å². The third kappa shape index (κ3) is 2.26. The first-order valence-electron chi connectivity index (χ1n) is 9.48. The topological polar surface area (TPSA) is 31.6 Å². The van der Waals surface area contributed by atoms with E-state index >= 15 is 0 Å². The van der Waals surface area contributed by atoms with Gasteiger partial charge in [0, 0.05) is 44.8 Å². The fourth-order valence-electron chi connectivity index (χ4n) is 4.39. The highest BCUT2D eigenvalue weighted by molar-refractivity contribution is 7.17. The summed E-state index contributed by atoms with van der Waals surface area (Å²) in [7, 11) is 0. The Bertz CT molecular complexity index is 1260. The van der Waals surface area contributed by atoms with Crippen molar-refractivity contribution in [2.75, 3.05) is 0 Å². The van der Waals surface area contributed by atoms with Gasteiger partial charge in [0.05, 0.1) is 0 Å². The van der Waals surface area contributed by atoms with Gasteiger partial charge in [0.25, 0.3) is 0 Å². The molecular formula is C25H18N2S. The highest BCUT2D eigenvalue weighted by Crippen LogP contribution is 2.43. The lowest BCUT2D eigenvalue weighted by Gasteiger charge is -2.17. The number of hydrogen-bond acceptors (Lipinski definition) is 1. The summed E-state index contributed by atoms with van der Waals surface area (Å²) in [6.07, 6.45) is 4.37. The molecule has 3 heteroatoms. The highest BCUT2D eigenvalue weighted by atomic mass is 32.1. The predicted octanol–water partition coefficient (Wildman–Crippen LogP) is 7.04. The molecule has 0 bridgehead atoms. The number of H-pyrrole nitrogens is 2. The average molecular weight is 379 g/mol. The van der Waals surface area contributed by atoms with E-state index in [4.69, 9.17) is 0 Å². The summed E-state index contributed by atoms with van der Waals surface area (Å²) < 4.78 is 1.34. The van der Waals surface area contributed by atoms with Gasteiger partial charge in [-0.25, -0.2) is 0 Å². The van der Waals surface area contributed by atoms with Crippen molar-refractivity contribution in [2.24, 2.45) is 0 Å². The lowest BCUT2D eigenvalue weighted by atomic mass is 9.84. The van der Waals surface area contributed by atoms with Crippen LogP contribution >= 0.6 is 11.3 Å². The van der Waals surface area contributed by atoms with Crippen LogP contribution in [0.15, 0.2) is 90.6 Å². The quantitative estimate of drug-likeness (QED) is 0.331. The molecule has 0 saturated carbocycles.